The summed E-state index contributed by atoms with van der Waals surface area (Å²) in [5, 5.41) is 0. The van der Waals surface area contributed by atoms with Gasteiger partial charge in [-0.05, 0) is 70.5 Å². The fourth-order valence-electron chi connectivity index (χ4n) is 1.95. The molecule has 0 amide bonds. The second kappa shape index (κ2) is 7.31. The molecule has 106 valence electrons. The van der Waals surface area contributed by atoms with Crippen LogP contribution in [-0.2, 0) is 6.42 Å². The van der Waals surface area contributed by atoms with Crippen molar-refractivity contribution in [3.8, 4) is 0 Å². The Bertz CT molecular complexity index is 622. The van der Waals surface area contributed by atoms with Crippen molar-refractivity contribution in [1.29, 1.82) is 0 Å². The molecule has 2 aromatic carbocycles. The van der Waals surface area contributed by atoms with E-state index in [0.717, 1.165) is 23.6 Å². The van der Waals surface area contributed by atoms with Crippen LogP contribution in [0.25, 0.3) is 0 Å². The van der Waals surface area contributed by atoms with Gasteiger partial charge in [0.2, 0.25) is 0 Å². The number of halogens is 4. The smallest absolute Gasteiger partial charge is 0.124 e. The summed E-state index contributed by atoms with van der Waals surface area (Å²) >= 11 is 9.15. The van der Waals surface area contributed by atoms with Crippen molar-refractivity contribution in [1.82, 2.24) is 5.43 Å². The van der Waals surface area contributed by atoms with E-state index in [4.69, 9.17) is 5.84 Å². The molecule has 0 aliphatic carbocycles. The second-order valence-electron chi connectivity index (χ2n) is 4.32. The largest absolute Gasteiger partial charge is 0.271 e. The lowest BCUT2D eigenvalue weighted by Gasteiger charge is -2.19. The highest BCUT2D eigenvalue weighted by Crippen LogP contribution is 2.28. The molecule has 0 spiro atoms. The SMILES string of the molecule is NNC(Cc1ccc(F)cc1Br)c1cc(Br)ccc1I. The summed E-state index contributed by atoms with van der Waals surface area (Å²) in [4.78, 5) is 0. The van der Waals surface area contributed by atoms with Gasteiger partial charge in [-0.1, -0.05) is 37.9 Å². The molecule has 0 aliphatic heterocycles. The summed E-state index contributed by atoms with van der Waals surface area (Å²) < 4.78 is 16.0. The van der Waals surface area contributed by atoms with Crippen LogP contribution >= 0.6 is 54.5 Å². The molecule has 0 bridgehead atoms. The van der Waals surface area contributed by atoms with Crippen molar-refractivity contribution in [3.63, 3.8) is 0 Å². The maximum Gasteiger partial charge on any atom is 0.124 e. The fraction of sp³-hybridized carbons (Fsp3) is 0.143. The monoisotopic (exact) mass is 512 g/mol. The Labute approximate surface area is 147 Å². The van der Waals surface area contributed by atoms with Crippen LogP contribution in [0.4, 0.5) is 4.39 Å². The van der Waals surface area contributed by atoms with Gasteiger partial charge in [-0.25, -0.2) is 4.39 Å². The lowest BCUT2D eigenvalue weighted by molar-refractivity contribution is 0.547. The number of hydrazine groups is 1. The molecule has 6 heteroatoms. The first-order valence-corrected chi connectivity index (χ1v) is 8.52. The quantitative estimate of drug-likeness (QED) is 0.353. The molecule has 0 heterocycles. The normalized spacial score (nSPS) is 12.4. The average Bonchev–Trinajstić information content (AvgIpc) is 2.41. The molecule has 0 saturated heterocycles. The molecule has 2 nitrogen and oxygen atoms in total. The van der Waals surface area contributed by atoms with Gasteiger partial charge in [0.1, 0.15) is 5.82 Å². The van der Waals surface area contributed by atoms with Gasteiger partial charge in [-0.2, -0.15) is 0 Å². The third-order valence-electron chi connectivity index (χ3n) is 2.97. The molecule has 1 unspecified atom stereocenters. The first-order valence-electron chi connectivity index (χ1n) is 5.86. The van der Waals surface area contributed by atoms with Gasteiger partial charge >= 0.3 is 0 Å². The molecule has 1 atom stereocenters. The van der Waals surface area contributed by atoms with E-state index in [9.17, 15) is 4.39 Å². The topological polar surface area (TPSA) is 38.0 Å². The van der Waals surface area contributed by atoms with Crippen molar-refractivity contribution >= 4 is 54.5 Å². The average molecular weight is 514 g/mol. The number of nitrogens with one attached hydrogen (secondary N) is 1. The molecule has 0 radical (unpaired) electrons. The maximum atomic E-state index is 13.1. The summed E-state index contributed by atoms with van der Waals surface area (Å²) in [6, 6.07) is 10.7. The van der Waals surface area contributed by atoms with Crippen LogP contribution in [0.2, 0.25) is 0 Å². The molecule has 0 fully saturated rings. The van der Waals surface area contributed by atoms with E-state index >= 15 is 0 Å². The van der Waals surface area contributed by atoms with Gasteiger partial charge in [0.05, 0.1) is 6.04 Å². The molecule has 0 saturated carbocycles. The predicted molar refractivity (Wildman–Crippen MR) is 94.7 cm³/mol. The van der Waals surface area contributed by atoms with Gasteiger partial charge < -0.3 is 0 Å². The van der Waals surface area contributed by atoms with E-state index in [2.05, 4.69) is 59.9 Å². The Hall–Kier alpha value is -0.0200. The lowest BCUT2D eigenvalue weighted by atomic mass is 9.99. The van der Waals surface area contributed by atoms with E-state index in [1.807, 2.05) is 18.2 Å². The Balaban J connectivity index is 2.31. The summed E-state index contributed by atoms with van der Waals surface area (Å²) in [6.45, 7) is 0. The third-order valence-corrected chi connectivity index (χ3v) is 5.19. The van der Waals surface area contributed by atoms with Gasteiger partial charge in [-0.3, -0.25) is 11.3 Å². The highest BCUT2D eigenvalue weighted by atomic mass is 127. The number of hydrogen-bond donors (Lipinski definition) is 2. The lowest BCUT2D eigenvalue weighted by Crippen LogP contribution is -2.30. The van der Waals surface area contributed by atoms with E-state index in [-0.39, 0.29) is 11.9 Å². The first-order chi connectivity index (χ1) is 9.51. The molecule has 2 aromatic rings. The zero-order chi connectivity index (χ0) is 14.7. The Morgan fingerprint density at radius 3 is 2.60 bits per heavy atom. The minimum atomic E-state index is -0.255. The molecule has 0 aromatic heterocycles. The minimum Gasteiger partial charge on any atom is -0.271 e. The Morgan fingerprint density at radius 2 is 1.95 bits per heavy atom. The molecular formula is C14H12Br2FIN2. The van der Waals surface area contributed by atoms with Crippen molar-refractivity contribution in [2.45, 2.75) is 12.5 Å². The molecular weight excluding hydrogens is 502 g/mol. The van der Waals surface area contributed by atoms with Crippen LogP contribution in [0, 0.1) is 9.39 Å². The van der Waals surface area contributed by atoms with Crippen LogP contribution in [0.3, 0.4) is 0 Å². The Kier molecular flexibility index (Phi) is 5.97. The van der Waals surface area contributed by atoms with Crippen LogP contribution < -0.4 is 11.3 Å². The molecule has 2 rings (SSSR count). The maximum absolute atomic E-state index is 13.1. The van der Waals surface area contributed by atoms with Crippen molar-refractivity contribution in [2.24, 2.45) is 5.84 Å². The standard InChI is InChI=1S/C14H12Br2FIN2/c15-9-2-4-13(18)11(6-9)14(20-19)5-8-1-3-10(17)7-12(8)16/h1-4,6-7,14,20H,5,19H2. The Morgan fingerprint density at radius 1 is 1.20 bits per heavy atom. The van der Waals surface area contributed by atoms with Gasteiger partial charge in [0.15, 0.2) is 0 Å². The van der Waals surface area contributed by atoms with Crippen molar-refractivity contribution in [3.05, 3.63) is 65.9 Å². The minimum absolute atomic E-state index is 0.0406. The van der Waals surface area contributed by atoms with E-state index < -0.39 is 0 Å². The van der Waals surface area contributed by atoms with E-state index in [1.54, 1.807) is 6.07 Å². The van der Waals surface area contributed by atoms with Crippen LogP contribution in [-0.4, -0.2) is 0 Å². The van der Waals surface area contributed by atoms with Gasteiger partial charge in [-0.15, -0.1) is 0 Å². The zero-order valence-corrected chi connectivity index (χ0v) is 15.7. The van der Waals surface area contributed by atoms with E-state index in [1.165, 1.54) is 12.1 Å². The molecule has 20 heavy (non-hydrogen) atoms. The zero-order valence-electron chi connectivity index (χ0n) is 10.3. The van der Waals surface area contributed by atoms with Crippen LogP contribution in [0.15, 0.2) is 45.3 Å². The summed E-state index contributed by atoms with van der Waals surface area (Å²) in [5.74, 6) is 5.44. The van der Waals surface area contributed by atoms with E-state index in [0.29, 0.717) is 6.42 Å². The summed E-state index contributed by atoms with van der Waals surface area (Å²) in [5.41, 5.74) is 4.95. The van der Waals surface area contributed by atoms with Crippen LogP contribution in [0.1, 0.15) is 17.2 Å². The number of nitrogens with two attached hydrogens (primary N) is 1. The number of hydrogen-bond acceptors (Lipinski definition) is 2. The van der Waals surface area contributed by atoms with Crippen molar-refractivity contribution < 1.29 is 4.39 Å². The first kappa shape index (κ1) is 16.4. The summed E-state index contributed by atoms with van der Waals surface area (Å²) in [7, 11) is 0. The number of rotatable bonds is 4. The fourth-order valence-corrected chi connectivity index (χ4v) is 3.55. The highest BCUT2D eigenvalue weighted by molar-refractivity contribution is 14.1. The highest BCUT2D eigenvalue weighted by Gasteiger charge is 2.16. The van der Waals surface area contributed by atoms with Gasteiger partial charge in [0.25, 0.3) is 0 Å². The van der Waals surface area contributed by atoms with Gasteiger partial charge in [0, 0.05) is 12.5 Å². The van der Waals surface area contributed by atoms with Crippen LogP contribution in [0.5, 0.6) is 0 Å². The molecule has 0 aliphatic rings. The third kappa shape index (κ3) is 4.00. The number of benzene rings is 2. The second-order valence-corrected chi connectivity index (χ2v) is 7.26. The van der Waals surface area contributed by atoms with Crippen molar-refractivity contribution in [2.75, 3.05) is 0 Å². The summed E-state index contributed by atoms with van der Waals surface area (Å²) in [6.07, 6.45) is 0.670. The molecule has 3 N–H and O–H groups in total. The predicted octanol–water partition coefficient (Wildman–Crippen LogP) is 4.70.